The summed E-state index contributed by atoms with van der Waals surface area (Å²) in [6, 6.07) is 4.22. The van der Waals surface area contributed by atoms with E-state index in [1.807, 2.05) is 6.07 Å². The van der Waals surface area contributed by atoms with Crippen molar-refractivity contribution in [1.29, 1.82) is 0 Å². The minimum Gasteiger partial charge on any atom is -0.480 e. The zero-order valence-corrected chi connectivity index (χ0v) is 19.7. The smallest absolute Gasteiger partial charge is 0.326 e. The molecule has 0 aliphatic carbocycles. The van der Waals surface area contributed by atoms with Gasteiger partial charge in [0.05, 0.1) is 12.5 Å². The molecule has 1 heterocycles. The molecular formula is C23H32N6O7. The molecule has 2 rings (SSSR count). The molecule has 0 saturated carbocycles. The largest absolute Gasteiger partial charge is 0.480 e. The molecule has 1 aromatic carbocycles. The van der Waals surface area contributed by atoms with E-state index in [2.05, 4.69) is 10.6 Å². The van der Waals surface area contributed by atoms with E-state index in [1.165, 1.54) is 4.90 Å². The lowest BCUT2D eigenvalue weighted by molar-refractivity contribution is -0.145. The molecule has 4 atom stereocenters. The molecular weight excluding hydrogens is 472 g/mol. The van der Waals surface area contributed by atoms with E-state index in [4.69, 9.17) is 17.2 Å². The molecule has 196 valence electrons. The molecule has 0 spiro atoms. The van der Waals surface area contributed by atoms with Gasteiger partial charge in [0.15, 0.2) is 0 Å². The lowest BCUT2D eigenvalue weighted by Gasteiger charge is -2.29. The van der Waals surface area contributed by atoms with Gasteiger partial charge in [-0.3, -0.25) is 24.0 Å². The molecule has 13 heteroatoms. The molecule has 1 aliphatic heterocycles. The fourth-order valence-corrected chi connectivity index (χ4v) is 3.96. The molecule has 0 aromatic heterocycles. The van der Waals surface area contributed by atoms with E-state index in [9.17, 15) is 33.9 Å². The summed E-state index contributed by atoms with van der Waals surface area (Å²) < 4.78 is 0. The molecule has 0 bridgehead atoms. The number of likely N-dealkylation sites (tertiary alicyclic amines) is 1. The lowest BCUT2D eigenvalue weighted by Crippen LogP contribution is -2.57. The van der Waals surface area contributed by atoms with Crippen LogP contribution in [0.25, 0.3) is 0 Å². The molecule has 0 unspecified atom stereocenters. The summed E-state index contributed by atoms with van der Waals surface area (Å²) in [5.41, 5.74) is 17.1. The van der Waals surface area contributed by atoms with Crippen molar-refractivity contribution in [2.75, 3.05) is 6.54 Å². The molecule has 1 aromatic rings. The van der Waals surface area contributed by atoms with E-state index in [1.54, 1.807) is 24.3 Å². The number of primary amides is 2. The Morgan fingerprint density at radius 1 is 1.00 bits per heavy atom. The number of hydrogen-bond donors (Lipinski definition) is 6. The fourth-order valence-electron chi connectivity index (χ4n) is 3.96. The van der Waals surface area contributed by atoms with Crippen LogP contribution in [0.5, 0.6) is 0 Å². The Morgan fingerprint density at radius 3 is 2.25 bits per heavy atom. The number of carboxylic acid groups (broad SMARTS) is 1. The van der Waals surface area contributed by atoms with Crippen LogP contribution in [0.4, 0.5) is 0 Å². The summed E-state index contributed by atoms with van der Waals surface area (Å²) in [7, 11) is 0. The van der Waals surface area contributed by atoms with Gasteiger partial charge >= 0.3 is 5.97 Å². The molecule has 1 aliphatic rings. The zero-order chi connectivity index (χ0) is 26.8. The topological polar surface area (TPSA) is 228 Å². The third-order valence-corrected chi connectivity index (χ3v) is 5.79. The lowest BCUT2D eigenvalue weighted by atomic mass is 10.0. The van der Waals surface area contributed by atoms with E-state index in [0.29, 0.717) is 6.42 Å². The monoisotopic (exact) mass is 504 g/mol. The Labute approximate surface area is 207 Å². The maximum atomic E-state index is 13.3. The quantitative estimate of drug-likeness (QED) is 0.171. The van der Waals surface area contributed by atoms with Crippen LogP contribution in [-0.2, 0) is 35.2 Å². The normalized spacial score (nSPS) is 17.5. The number of nitrogens with one attached hydrogen (secondary N) is 2. The van der Waals surface area contributed by atoms with Gasteiger partial charge in [-0.15, -0.1) is 0 Å². The Kier molecular flexibility index (Phi) is 10.3. The number of nitrogens with zero attached hydrogens (tertiary/aromatic N) is 1. The molecule has 1 fully saturated rings. The van der Waals surface area contributed by atoms with E-state index in [0.717, 1.165) is 5.56 Å². The van der Waals surface area contributed by atoms with Crippen LogP contribution >= 0.6 is 0 Å². The predicted octanol–water partition coefficient (Wildman–Crippen LogP) is -2.26. The predicted molar refractivity (Wildman–Crippen MR) is 127 cm³/mol. The van der Waals surface area contributed by atoms with Crippen LogP contribution in [0.15, 0.2) is 30.3 Å². The van der Waals surface area contributed by atoms with Gasteiger partial charge in [-0.25, -0.2) is 4.79 Å². The summed E-state index contributed by atoms with van der Waals surface area (Å²) in [6.45, 7) is 0.150. The molecule has 36 heavy (non-hydrogen) atoms. The summed E-state index contributed by atoms with van der Waals surface area (Å²) in [5, 5.41) is 14.1. The Bertz CT molecular complexity index is 986. The highest BCUT2D eigenvalue weighted by Gasteiger charge is 2.39. The Balaban J connectivity index is 2.10. The minimum atomic E-state index is -1.38. The first-order valence-corrected chi connectivity index (χ1v) is 11.5. The number of aliphatic carboxylic acids is 1. The number of nitrogens with two attached hydrogens (primary N) is 3. The highest BCUT2D eigenvalue weighted by molar-refractivity contribution is 5.96. The van der Waals surface area contributed by atoms with Gasteiger partial charge in [0.1, 0.15) is 18.1 Å². The third-order valence-electron chi connectivity index (χ3n) is 5.79. The van der Waals surface area contributed by atoms with Gasteiger partial charge in [0.2, 0.25) is 29.5 Å². The van der Waals surface area contributed by atoms with E-state index in [-0.39, 0.29) is 32.2 Å². The minimum absolute atomic E-state index is 0.150. The second-order valence-corrected chi connectivity index (χ2v) is 8.62. The number of carbonyl (C=O) groups is 6. The molecule has 13 nitrogen and oxygen atoms in total. The molecule has 9 N–H and O–H groups in total. The fraction of sp³-hybridized carbons (Fsp3) is 0.478. The second kappa shape index (κ2) is 13.2. The maximum absolute atomic E-state index is 13.3. The van der Waals surface area contributed by atoms with Crippen molar-refractivity contribution in [2.45, 2.75) is 62.7 Å². The highest BCUT2D eigenvalue weighted by Crippen LogP contribution is 2.20. The zero-order valence-electron chi connectivity index (χ0n) is 19.7. The van der Waals surface area contributed by atoms with Crippen LogP contribution in [0.1, 0.15) is 37.7 Å². The number of benzene rings is 1. The van der Waals surface area contributed by atoms with Crippen molar-refractivity contribution in [3.63, 3.8) is 0 Å². The number of hydrogen-bond acceptors (Lipinski definition) is 7. The number of carbonyl (C=O) groups excluding carboxylic acids is 5. The highest BCUT2D eigenvalue weighted by atomic mass is 16.4. The first-order valence-electron chi connectivity index (χ1n) is 11.5. The summed E-state index contributed by atoms with van der Waals surface area (Å²) in [6.07, 6.45) is -0.0973. The molecule has 5 amide bonds. The van der Waals surface area contributed by atoms with Gasteiger partial charge in [-0.2, -0.15) is 0 Å². The van der Waals surface area contributed by atoms with Crippen molar-refractivity contribution in [2.24, 2.45) is 17.2 Å². The number of amides is 5. The second-order valence-electron chi connectivity index (χ2n) is 8.62. The van der Waals surface area contributed by atoms with Crippen LogP contribution in [0, 0.1) is 0 Å². The van der Waals surface area contributed by atoms with Gasteiger partial charge < -0.3 is 37.8 Å². The SMILES string of the molecule is NC(=O)CC[C@H](NC(=O)[C@@H]1CCCN1C(=O)[C@H](CC(N)=O)NC(=O)[C@@H](N)Cc1ccccc1)C(=O)O. The van der Waals surface area contributed by atoms with Gasteiger partial charge in [-0.05, 0) is 31.2 Å². The van der Waals surface area contributed by atoms with Gasteiger partial charge in [0, 0.05) is 13.0 Å². The first-order chi connectivity index (χ1) is 17.0. The van der Waals surface area contributed by atoms with Crippen LogP contribution < -0.4 is 27.8 Å². The van der Waals surface area contributed by atoms with Gasteiger partial charge in [0.25, 0.3) is 0 Å². The maximum Gasteiger partial charge on any atom is 0.326 e. The third kappa shape index (κ3) is 8.34. The first kappa shape index (κ1) is 28.2. The summed E-state index contributed by atoms with van der Waals surface area (Å²) >= 11 is 0. The molecule has 0 radical (unpaired) electrons. The van der Waals surface area contributed by atoms with Crippen molar-refractivity contribution in [3.05, 3.63) is 35.9 Å². The van der Waals surface area contributed by atoms with E-state index < -0.39 is 66.1 Å². The average molecular weight is 505 g/mol. The summed E-state index contributed by atoms with van der Waals surface area (Å²) in [4.78, 5) is 74.0. The van der Waals surface area contributed by atoms with Crippen LogP contribution in [0.3, 0.4) is 0 Å². The van der Waals surface area contributed by atoms with Crippen molar-refractivity contribution < 1.29 is 33.9 Å². The van der Waals surface area contributed by atoms with Crippen molar-refractivity contribution in [1.82, 2.24) is 15.5 Å². The van der Waals surface area contributed by atoms with Gasteiger partial charge in [-0.1, -0.05) is 30.3 Å². The standard InChI is InChI=1S/C23H32N6O7/c24-14(11-13-5-2-1-3-6-13)20(32)28-16(12-19(26)31)22(34)29-10-4-7-17(29)21(33)27-15(23(35)36)8-9-18(25)30/h1-3,5-6,14-17H,4,7-12,24H2,(H2,25,30)(H2,26,31)(H,27,33)(H,28,32)(H,35,36)/t14-,15-,16-,17-/m0/s1. The van der Waals surface area contributed by atoms with Crippen molar-refractivity contribution in [3.8, 4) is 0 Å². The van der Waals surface area contributed by atoms with Crippen LogP contribution in [-0.4, -0.2) is 76.2 Å². The Hall–Kier alpha value is -4.00. The average Bonchev–Trinajstić information content (AvgIpc) is 3.30. The summed E-state index contributed by atoms with van der Waals surface area (Å²) in [5.74, 6) is -5.03. The van der Waals surface area contributed by atoms with Crippen molar-refractivity contribution >= 4 is 35.5 Å². The Morgan fingerprint density at radius 2 is 1.67 bits per heavy atom. The number of carboxylic acids is 1. The number of rotatable bonds is 13. The molecule has 1 saturated heterocycles. The van der Waals surface area contributed by atoms with Crippen LogP contribution in [0.2, 0.25) is 0 Å². The van der Waals surface area contributed by atoms with E-state index >= 15 is 0 Å².